The highest BCUT2D eigenvalue weighted by Crippen LogP contribution is 2.35. The number of aromatic nitrogens is 2. The first-order chi connectivity index (χ1) is 17.9. The van der Waals surface area contributed by atoms with Gasteiger partial charge < -0.3 is 18.8 Å². The van der Waals surface area contributed by atoms with Crippen LogP contribution in [0.1, 0.15) is 56.7 Å². The van der Waals surface area contributed by atoms with E-state index in [1.165, 1.54) is 0 Å². The van der Waals surface area contributed by atoms with E-state index in [4.69, 9.17) is 19.2 Å². The number of fused-ring (bicyclic) bond motifs is 3. The van der Waals surface area contributed by atoms with Crippen LogP contribution < -0.4 is 9.47 Å². The Bertz CT molecular complexity index is 1570. The van der Waals surface area contributed by atoms with E-state index in [1.54, 1.807) is 0 Å². The van der Waals surface area contributed by atoms with Gasteiger partial charge in [-0.2, -0.15) is 0 Å². The molecule has 0 fully saturated rings. The molecule has 1 aliphatic carbocycles. The van der Waals surface area contributed by atoms with Crippen molar-refractivity contribution in [3.63, 3.8) is 0 Å². The molecule has 188 valence electrons. The number of hydrogen-bond acceptors (Lipinski definition) is 6. The number of Topliss-reactive ketones (excluding diaryl/α,β-unsaturated/α-hetero) is 1. The van der Waals surface area contributed by atoms with Crippen LogP contribution in [0.3, 0.4) is 0 Å². The fraction of sp³-hybridized carbons (Fsp3) is 0.300. The Labute approximate surface area is 215 Å². The number of carbonyl (C=O) groups excluding carboxylic acids is 2. The summed E-state index contributed by atoms with van der Waals surface area (Å²) in [7, 11) is 0. The number of carbonyl (C=O) groups is 2. The molecule has 1 aliphatic heterocycles. The van der Waals surface area contributed by atoms with Crippen LogP contribution in [0.2, 0.25) is 0 Å². The van der Waals surface area contributed by atoms with Crippen molar-refractivity contribution in [2.24, 2.45) is 5.92 Å². The second kappa shape index (κ2) is 9.07. The molecule has 0 spiro atoms. The molecule has 0 bridgehead atoms. The van der Waals surface area contributed by atoms with Crippen molar-refractivity contribution in [2.45, 2.75) is 40.0 Å². The van der Waals surface area contributed by atoms with Gasteiger partial charge in [-0.3, -0.25) is 9.78 Å². The van der Waals surface area contributed by atoms with Gasteiger partial charge in [-0.05, 0) is 68.9 Å². The Balaban J connectivity index is 1.27. The molecule has 1 unspecified atom stereocenters. The van der Waals surface area contributed by atoms with Gasteiger partial charge in [0.2, 0.25) is 12.6 Å². The average Bonchev–Trinajstić information content (AvgIpc) is 3.48. The maximum atomic E-state index is 13.4. The molecule has 0 saturated carbocycles. The molecule has 2 aromatic carbocycles. The topological polar surface area (TPSA) is 79.7 Å². The number of pyridine rings is 1. The SMILES string of the molecule is Cc1cc(C(=O)COC(=O)c2c3c(nc4ccccc24)CCC(C)C3)c(C)n1-c1ccc2c(c1)OCO2. The molecule has 2 aromatic heterocycles. The number of aryl methyl sites for hydroxylation is 2. The lowest BCUT2D eigenvalue weighted by Gasteiger charge is -2.24. The third kappa shape index (κ3) is 4.04. The molecule has 0 radical (unpaired) electrons. The van der Waals surface area contributed by atoms with E-state index in [1.807, 2.05) is 66.9 Å². The lowest BCUT2D eigenvalue weighted by atomic mass is 9.84. The smallest absolute Gasteiger partial charge is 0.339 e. The molecule has 6 rings (SSSR count). The highest BCUT2D eigenvalue weighted by atomic mass is 16.7. The van der Waals surface area contributed by atoms with Gasteiger partial charge in [-0.25, -0.2) is 4.79 Å². The summed E-state index contributed by atoms with van der Waals surface area (Å²) < 4.78 is 18.6. The highest BCUT2D eigenvalue weighted by Gasteiger charge is 2.27. The molecular weight excluding hydrogens is 468 g/mol. The molecule has 0 saturated heterocycles. The lowest BCUT2D eigenvalue weighted by Crippen LogP contribution is -2.21. The van der Waals surface area contributed by atoms with Gasteiger partial charge in [0, 0.05) is 39.8 Å². The summed E-state index contributed by atoms with van der Waals surface area (Å²) in [6, 6.07) is 15.2. The molecule has 37 heavy (non-hydrogen) atoms. The van der Waals surface area contributed by atoms with E-state index >= 15 is 0 Å². The van der Waals surface area contributed by atoms with Crippen LogP contribution in [-0.2, 0) is 17.6 Å². The molecule has 2 aliphatic rings. The molecule has 1 atom stereocenters. The number of benzene rings is 2. The van der Waals surface area contributed by atoms with Crippen molar-refractivity contribution < 1.29 is 23.8 Å². The number of rotatable bonds is 5. The number of ketones is 1. The monoisotopic (exact) mass is 496 g/mol. The maximum absolute atomic E-state index is 13.4. The minimum Gasteiger partial charge on any atom is -0.454 e. The van der Waals surface area contributed by atoms with Crippen LogP contribution >= 0.6 is 0 Å². The zero-order chi connectivity index (χ0) is 25.7. The van der Waals surface area contributed by atoms with Crippen LogP contribution in [0.15, 0.2) is 48.5 Å². The number of esters is 1. The van der Waals surface area contributed by atoms with Crippen LogP contribution in [0.5, 0.6) is 11.5 Å². The maximum Gasteiger partial charge on any atom is 0.339 e. The first kappa shape index (κ1) is 23.3. The zero-order valence-electron chi connectivity index (χ0n) is 21.2. The largest absolute Gasteiger partial charge is 0.454 e. The Morgan fingerprint density at radius 1 is 1.08 bits per heavy atom. The van der Waals surface area contributed by atoms with Crippen molar-refractivity contribution in [3.8, 4) is 17.2 Å². The van der Waals surface area contributed by atoms with Crippen molar-refractivity contribution in [1.82, 2.24) is 9.55 Å². The predicted octanol–water partition coefficient (Wildman–Crippen LogP) is 5.54. The fourth-order valence-corrected chi connectivity index (χ4v) is 5.54. The average molecular weight is 497 g/mol. The lowest BCUT2D eigenvalue weighted by molar-refractivity contribution is 0.0474. The van der Waals surface area contributed by atoms with E-state index in [2.05, 4.69) is 6.92 Å². The van der Waals surface area contributed by atoms with E-state index in [-0.39, 0.29) is 19.2 Å². The van der Waals surface area contributed by atoms with Crippen LogP contribution in [0.25, 0.3) is 16.6 Å². The minimum absolute atomic E-state index is 0.201. The Morgan fingerprint density at radius 2 is 1.89 bits per heavy atom. The third-order valence-electron chi connectivity index (χ3n) is 7.39. The van der Waals surface area contributed by atoms with Gasteiger partial charge in [-0.1, -0.05) is 25.1 Å². The summed E-state index contributed by atoms with van der Waals surface area (Å²) in [6.07, 6.45) is 2.67. The van der Waals surface area contributed by atoms with E-state index in [0.717, 1.165) is 58.5 Å². The van der Waals surface area contributed by atoms with Gasteiger partial charge in [0.25, 0.3) is 0 Å². The molecule has 0 amide bonds. The second-order valence-corrected chi connectivity index (χ2v) is 9.93. The molecule has 7 heteroatoms. The summed E-state index contributed by atoms with van der Waals surface area (Å²) in [5.74, 6) is 1.13. The summed E-state index contributed by atoms with van der Waals surface area (Å²) in [6.45, 7) is 5.89. The van der Waals surface area contributed by atoms with Gasteiger partial charge >= 0.3 is 5.97 Å². The summed E-state index contributed by atoms with van der Waals surface area (Å²) in [4.78, 5) is 31.5. The van der Waals surface area contributed by atoms with Crippen molar-refractivity contribution in [3.05, 3.63) is 82.3 Å². The second-order valence-electron chi connectivity index (χ2n) is 9.93. The van der Waals surface area contributed by atoms with Gasteiger partial charge in [0.15, 0.2) is 18.1 Å². The number of hydrogen-bond donors (Lipinski definition) is 0. The Morgan fingerprint density at radius 3 is 2.76 bits per heavy atom. The summed E-state index contributed by atoms with van der Waals surface area (Å²) in [5.41, 5.74) is 6.31. The normalized spacial score (nSPS) is 16.0. The van der Waals surface area contributed by atoms with E-state index < -0.39 is 5.97 Å². The Hall–Kier alpha value is -4.13. The van der Waals surface area contributed by atoms with E-state index in [0.29, 0.717) is 28.5 Å². The highest BCUT2D eigenvalue weighted by molar-refractivity contribution is 6.06. The van der Waals surface area contributed by atoms with Gasteiger partial charge in [-0.15, -0.1) is 0 Å². The predicted molar refractivity (Wildman–Crippen MR) is 139 cm³/mol. The van der Waals surface area contributed by atoms with Crippen LogP contribution in [0.4, 0.5) is 0 Å². The summed E-state index contributed by atoms with van der Waals surface area (Å²) in [5, 5.41) is 0.772. The van der Waals surface area contributed by atoms with Crippen molar-refractivity contribution in [2.75, 3.05) is 13.4 Å². The third-order valence-corrected chi connectivity index (χ3v) is 7.39. The molecule has 0 N–H and O–H groups in total. The van der Waals surface area contributed by atoms with Gasteiger partial charge in [0.05, 0.1) is 11.1 Å². The van der Waals surface area contributed by atoms with Crippen molar-refractivity contribution >= 4 is 22.7 Å². The van der Waals surface area contributed by atoms with Gasteiger partial charge in [0.1, 0.15) is 0 Å². The number of nitrogens with zero attached hydrogens (tertiary/aromatic N) is 2. The minimum atomic E-state index is -0.470. The Kier molecular flexibility index (Phi) is 5.71. The first-order valence-electron chi connectivity index (χ1n) is 12.6. The zero-order valence-corrected chi connectivity index (χ0v) is 21.2. The quantitative estimate of drug-likeness (QED) is 0.267. The molecular formula is C30H28N2O5. The standard InChI is InChI=1S/C30H28N2O5/c1-17-8-10-25-23(12-17)29(21-6-4-5-7-24(21)31-25)30(34)35-15-26(33)22-13-18(2)32(19(22)3)20-9-11-27-28(14-20)37-16-36-27/h4-7,9,11,13-14,17H,8,10,12,15-16H2,1-3H3. The van der Waals surface area contributed by atoms with Crippen LogP contribution in [0, 0.1) is 19.8 Å². The van der Waals surface area contributed by atoms with Crippen molar-refractivity contribution in [1.29, 1.82) is 0 Å². The summed E-state index contributed by atoms with van der Waals surface area (Å²) >= 11 is 0. The van der Waals surface area contributed by atoms with E-state index in [9.17, 15) is 9.59 Å². The molecule has 4 aromatic rings. The molecule has 7 nitrogen and oxygen atoms in total. The first-order valence-corrected chi connectivity index (χ1v) is 12.6. The van der Waals surface area contributed by atoms with Crippen LogP contribution in [-0.4, -0.2) is 34.7 Å². The fourth-order valence-electron chi connectivity index (χ4n) is 5.54. The molecule has 3 heterocycles. The number of para-hydroxylation sites is 1. The number of ether oxygens (including phenoxy) is 3.